The first-order valence-corrected chi connectivity index (χ1v) is 12.0. The number of rotatable bonds is 4. The molecule has 5 nitrogen and oxygen atoms in total. The molecule has 0 saturated heterocycles. The van der Waals surface area contributed by atoms with E-state index in [9.17, 15) is 9.59 Å². The van der Waals surface area contributed by atoms with Gasteiger partial charge in [0.05, 0.1) is 15.6 Å². The molecule has 4 bridgehead atoms. The minimum atomic E-state index is -0.196. The van der Waals surface area contributed by atoms with Crippen LogP contribution >= 0.6 is 11.3 Å². The van der Waals surface area contributed by atoms with Gasteiger partial charge in [0.15, 0.2) is 5.13 Å². The number of fused-ring (bicyclic) bond motifs is 1. The highest BCUT2D eigenvalue weighted by molar-refractivity contribution is 7.22. The van der Waals surface area contributed by atoms with E-state index < -0.39 is 0 Å². The minimum Gasteiger partial charge on any atom is -0.326 e. The third-order valence-electron chi connectivity index (χ3n) is 7.44. The van der Waals surface area contributed by atoms with Gasteiger partial charge in [-0.3, -0.25) is 14.9 Å². The lowest BCUT2D eigenvalue weighted by atomic mass is 9.49. The molecule has 31 heavy (non-hydrogen) atoms. The monoisotopic (exact) mass is 431 g/mol. The Morgan fingerprint density at radius 1 is 0.871 bits per heavy atom. The molecule has 4 saturated carbocycles. The summed E-state index contributed by atoms with van der Waals surface area (Å²) in [5.41, 5.74) is 2.02. The number of thiazole rings is 1. The van der Waals surface area contributed by atoms with E-state index in [1.807, 2.05) is 36.4 Å². The first kappa shape index (κ1) is 19.0. The van der Waals surface area contributed by atoms with Crippen LogP contribution in [0.2, 0.25) is 0 Å². The number of benzene rings is 2. The molecular formula is C25H25N3O2S. The lowest BCUT2D eigenvalue weighted by Crippen LogP contribution is -2.51. The van der Waals surface area contributed by atoms with E-state index >= 15 is 0 Å². The van der Waals surface area contributed by atoms with E-state index in [4.69, 9.17) is 0 Å². The van der Waals surface area contributed by atoms with E-state index in [0.29, 0.717) is 10.7 Å². The van der Waals surface area contributed by atoms with E-state index in [1.165, 1.54) is 30.6 Å². The number of hydrogen-bond donors (Lipinski definition) is 2. The zero-order valence-electron chi connectivity index (χ0n) is 17.3. The fourth-order valence-electron chi connectivity index (χ4n) is 6.45. The summed E-state index contributed by atoms with van der Waals surface area (Å²) in [4.78, 5) is 30.3. The average molecular weight is 432 g/mol. The van der Waals surface area contributed by atoms with Gasteiger partial charge in [0.2, 0.25) is 5.91 Å². The van der Waals surface area contributed by atoms with Crippen molar-refractivity contribution in [3.8, 4) is 0 Å². The Balaban J connectivity index is 1.13. The highest BCUT2D eigenvalue weighted by atomic mass is 32.1. The Labute approximate surface area is 185 Å². The van der Waals surface area contributed by atoms with Crippen LogP contribution in [0.15, 0.2) is 48.5 Å². The van der Waals surface area contributed by atoms with Crippen LogP contribution in [-0.2, 0) is 4.79 Å². The highest BCUT2D eigenvalue weighted by Gasteiger charge is 2.54. The molecule has 4 aliphatic carbocycles. The summed E-state index contributed by atoms with van der Waals surface area (Å²) in [6.07, 6.45) is 7.12. The number of amides is 2. The van der Waals surface area contributed by atoms with Crippen molar-refractivity contribution in [3.05, 3.63) is 54.1 Å². The van der Waals surface area contributed by atoms with Gasteiger partial charge in [-0.05, 0) is 92.7 Å². The number of nitrogens with one attached hydrogen (secondary N) is 2. The molecule has 2 aromatic carbocycles. The van der Waals surface area contributed by atoms with Crippen molar-refractivity contribution in [3.63, 3.8) is 0 Å². The van der Waals surface area contributed by atoms with Crippen LogP contribution in [-0.4, -0.2) is 16.8 Å². The first-order chi connectivity index (χ1) is 15.1. The summed E-state index contributed by atoms with van der Waals surface area (Å²) in [6.45, 7) is 0. The van der Waals surface area contributed by atoms with Crippen LogP contribution < -0.4 is 10.6 Å². The fraction of sp³-hybridized carbons (Fsp3) is 0.400. The molecule has 0 unspecified atom stereocenters. The van der Waals surface area contributed by atoms with Crippen molar-refractivity contribution in [2.45, 2.75) is 38.5 Å². The van der Waals surface area contributed by atoms with E-state index in [0.717, 1.165) is 52.9 Å². The van der Waals surface area contributed by atoms with Gasteiger partial charge in [0, 0.05) is 11.3 Å². The van der Waals surface area contributed by atoms with Gasteiger partial charge < -0.3 is 5.32 Å². The number of nitrogens with zero attached hydrogens (tertiary/aromatic N) is 1. The largest absolute Gasteiger partial charge is 0.326 e. The zero-order chi connectivity index (χ0) is 21.0. The van der Waals surface area contributed by atoms with Crippen LogP contribution in [0.5, 0.6) is 0 Å². The predicted molar refractivity (Wildman–Crippen MR) is 123 cm³/mol. The Morgan fingerprint density at radius 2 is 1.52 bits per heavy atom. The molecule has 0 spiro atoms. The van der Waals surface area contributed by atoms with Crippen molar-refractivity contribution in [1.29, 1.82) is 0 Å². The maximum absolute atomic E-state index is 13.2. The van der Waals surface area contributed by atoms with Gasteiger partial charge in [0.1, 0.15) is 0 Å². The summed E-state index contributed by atoms with van der Waals surface area (Å²) >= 11 is 1.46. The predicted octanol–water partition coefficient (Wildman–Crippen LogP) is 5.70. The molecule has 4 aliphatic rings. The zero-order valence-corrected chi connectivity index (χ0v) is 18.1. The highest BCUT2D eigenvalue weighted by Crippen LogP contribution is 2.60. The van der Waals surface area contributed by atoms with Crippen molar-refractivity contribution < 1.29 is 9.59 Å². The molecule has 7 rings (SSSR count). The van der Waals surface area contributed by atoms with Gasteiger partial charge in [-0.15, -0.1) is 0 Å². The van der Waals surface area contributed by atoms with Crippen molar-refractivity contribution >= 4 is 44.2 Å². The van der Waals surface area contributed by atoms with Crippen molar-refractivity contribution in [1.82, 2.24) is 4.98 Å². The molecular weight excluding hydrogens is 406 g/mol. The van der Waals surface area contributed by atoms with Gasteiger partial charge in [0.25, 0.3) is 5.91 Å². The van der Waals surface area contributed by atoms with Gasteiger partial charge >= 0.3 is 0 Å². The molecule has 3 aromatic rings. The molecule has 6 heteroatoms. The number of anilines is 2. The maximum atomic E-state index is 13.2. The number of aromatic nitrogens is 1. The molecule has 1 aromatic heterocycles. The summed E-state index contributed by atoms with van der Waals surface area (Å²) < 4.78 is 1.04. The van der Waals surface area contributed by atoms with Crippen LogP contribution in [0.4, 0.5) is 10.8 Å². The second-order valence-electron chi connectivity index (χ2n) is 9.67. The van der Waals surface area contributed by atoms with Gasteiger partial charge in [-0.25, -0.2) is 4.98 Å². The van der Waals surface area contributed by atoms with Crippen molar-refractivity contribution in [2.24, 2.45) is 23.2 Å². The average Bonchev–Trinajstić information content (AvgIpc) is 3.15. The molecule has 2 amide bonds. The summed E-state index contributed by atoms with van der Waals surface area (Å²) in [5, 5.41) is 6.62. The normalized spacial score (nSPS) is 28.6. The summed E-state index contributed by atoms with van der Waals surface area (Å²) in [5.74, 6) is 2.21. The van der Waals surface area contributed by atoms with Crippen LogP contribution in [0.3, 0.4) is 0 Å². The third-order valence-corrected chi connectivity index (χ3v) is 8.39. The molecule has 0 radical (unpaired) electrons. The maximum Gasteiger partial charge on any atom is 0.257 e. The molecule has 2 N–H and O–H groups in total. The number of carbonyl (C=O) groups excluding carboxylic acids is 2. The van der Waals surface area contributed by atoms with Gasteiger partial charge in [-0.1, -0.05) is 23.5 Å². The summed E-state index contributed by atoms with van der Waals surface area (Å²) in [7, 11) is 0. The number of carbonyl (C=O) groups is 2. The SMILES string of the molecule is O=C(Nc1nc2ccccc2s1)c1ccc(NC(=O)C23CC4CC(CC(C4)C2)C3)cc1. The first-order valence-electron chi connectivity index (χ1n) is 11.1. The van der Waals surface area contributed by atoms with Crippen LogP contribution in [0, 0.1) is 23.2 Å². The Kier molecular flexibility index (Phi) is 4.39. The summed E-state index contributed by atoms with van der Waals surface area (Å²) in [6, 6.07) is 15.0. The number of para-hydroxylation sites is 1. The standard InChI is InChI=1S/C25H25N3O2S/c29-22(28-24-27-20-3-1-2-4-21(20)31-24)18-5-7-19(8-6-18)26-23(30)25-12-15-9-16(13-25)11-17(10-15)14-25/h1-8,15-17H,9-14H2,(H,26,30)(H,27,28,29). The lowest BCUT2D eigenvalue weighted by molar-refractivity contribution is -0.140. The minimum absolute atomic E-state index is 0.169. The smallest absolute Gasteiger partial charge is 0.257 e. The molecule has 1 heterocycles. The second-order valence-corrected chi connectivity index (χ2v) is 10.7. The van der Waals surface area contributed by atoms with E-state index in [1.54, 1.807) is 12.1 Å². The third kappa shape index (κ3) is 3.43. The lowest BCUT2D eigenvalue weighted by Gasteiger charge is -2.55. The molecule has 158 valence electrons. The Bertz CT molecular complexity index is 1100. The van der Waals surface area contributed by atoms with E-state index in [-0.39, 0.29) is 17.2 Å². The quantitative estimate of drug-likeness (QED) is 0.556. The Morgan fingerprint density at radius 3 is 2.16 bits per heavy atom. The topological polar surface area (TPSA) is 71.1 Å². The van der Waals surface area contributed by atoms with Crippen LogP contribution in [0.25, 0.3) is 10.2 Å². The van der Waals surface area contributed by atoms with E-state index in [2.05, 4.69) is 15.6 Å². The van der Waals surface area contributed by atoms with Gasteiger partial charge in [-0.2, -0.15) is 0 Å². The molecule has 4 fully saturated rings. The van der Waals surface area contributed by atoms with Crippen LogP contribution in [0.1, 0.15) is 48.9 Å². The van der Waals surface area contributed by atoms with Crippen molar-refractivity contribution in [2.75, 3.05) is 10.6 Å². The molecule has 0 aliphatic heterocycles. The second kappa shape index (κ2) is 7.16. The molecule has 0 atom stereocenters. The fourth-order valence-corrected chi connectivity index (χ4v) is 7.31. The number of hydrogen-bond acceptors (Lipinski definition) is 4. The Hall–Kier alpha value is -2.73.